The first-order chi connectivity index (χ1) is 9.90. The fourth-order valence-electron chi connectivity index (χ4n) is 2.33. The van der Waals surface area contributed by atoms with Gasteiger partial charge in [0, 0.05) is 12.6 Å². The molecule has 21 heavy (non-hydrogen) atoms. The molecule has 0 aliphatic heterocycles. The second-order valence-electron chi connectivity index (χ2n) is 5.68. The fourth-order valence-corrected chi connectivity index (χ4v) is 3.90. The topological polar surface area (TPSA) is 72.2 Å². The van der Waals surface area contributed by atoms with E-state index in [0.29, 0.717) is 11.4 Å². The van der Waals surface area contributed by atoms with Gasteiger partial charge >= 0.3 is 0 Å². The molecular formula is C16H28N2O2S. The predicted molar refractivity (Wildman–Crippen MR) is 87.6 cm³/mol. The van der Waals surface area contributed by atoms with Crippen LogP contribution in [-0.2, 0) is 16.6 Å². The molecule has 0 aromatic heterocycles. The zero-order valence-corrected chi connectivity index (χ0v) is 14.2. The molecule has 3 N–H and O–H groups in total. The average molecular weight is 312 g/mol. The minimum atomic E-state index is -3.47. The number of hydrogen-bond acceptors (Lipinski definition) is 3. The van der Waals surface area contributed by atoms with Gasteiger partial charge in [-0.1, -0.05) is 44.7 Å². The Morgan fingerprint density at radius 3 is 2.57 bits per heavy atom. The summed E-state index contributed by atoms with van der Waals surface area (Å²) in [6, 6.07) is 5.29. The molecule has 0 heterocycles. The van der Waals surface area contributed by atoms with Crippen molar-refractivity contribution in [2.24, 2.45) is 5.73 Å². The molecule has 0 spiro atoms. The second kappa shape index (κ2) is 8.51. The van der Waals surface area contributed by atoms with Crippen molar-refractivity contribution in [3.63, 3.8) is 0 Å². The lowest BCUT2D eigenvalue weighted by molar-refractivity contribution is 0.521. The first-order valence-corrected chi connectivity index (χ1v) is 9.21. The normalized spacial score (nSPS) is 13.3. The lowest BCUT2D eigenvalue weighted by atomic mass is 10.1. The molecule has 120 valence electrons. The van der Waals surface area contributed by atoms with Crippen LogP contribution in [0.2, 0.25) is 0 Å². The molecule has 1 unspecified atom stereocenters. The molecule has 0 saturated carbocycles. The SMILES string of the molecule is CCCCCCC(C)NS(=O)(=O)c1cc(CN)ccc1C. The van der Waals surface area contributed by atoms with E-state index in [2.05, 4.69) is 11.6 Å². The summed E-state index contributed by atoms with van der Waals surface area (Å²) in [5.41, 5.74) is 7.17. The van der Waals surface area contributed by atoms with Crippen LogP contribution in [0.25, 0.3) is 0 Å². The highest BCUT2D eigenvalue weighted by atomic mass is 32.2. The number of nitrogens with one attached hydrogen (secondary N) is 1. The molecule has 4 nitrogen and oxygen atoms in total. The molecule has 0 aliphatic rings. The van der Waals surface area contributed by atoms with E-state index in [4.69, 9.17) is 5.73 Å². The highest BCUT2D eigenvalue weighted by molar-refractivity contribution is 7.89. The zero-order chi connectivity index (χ0) is 15.9. The van der Waals surface area contributed by atoms with E-state index in [-0.39, 0.29) is 6.04 Å². The Bertz CT molecular complexity index is 541. The van der Waals surface area contributed by atoms with E-state index in [0.717, 1.165) is 30.4 Å². The van der Waals surface area contributed by atoms with Crippen LogP contribution < -0.4 is 10.5 Å². The number of hydrogen-bond donors (Lipinski definition) is 2. The van der Waals surface area contributed by atoms with Crippen LogP contribution in [-0.4, -0.2) is 14.5 Å². The fraction of sp³-hybridized carbons (Fsp3) is 0.625. The summed E-state index contributed by atoms with van der Waals surface area (Å²) in [5.74, 6) is 0. The molecule has 0 bridgehead atoms. The van der Waals surface area contributed by atoms with Crippen molar-refractivity contribution >= 4 is 10.0 Å². The summed E-state index contributed by atoms with van der Waals surface area (Å²) >= 11 is 0. The van der Waals surface area contributed by atoms with Gasteiger partial charge in [0.05, 0.1) is 4.90 Å². The Morgan fingerprint density at radius 1 is 1.24 bits per heavy atom. The van der Waals surface area contributed by atoms with Crippen LogP contribution >= 0.6 is 0 Å². The van der Waals surface area contributed by atoms with Gasteiger partial charge in [-0.3, -0.25) is 0 Å². The van der Waals surface area contributed by atoms with Crippen LogP contribution in [0.15, 0.2) is 23.1 Å². The minimum absolute atomic E-state index is 0.0483. The largest absolute Gasteiger partial charge is 0.326 e. The average Bonchev–Trinajstić information content (AvgIpc) is 2.43. The highest BCUT2D eigenvalue weighted by Crippen LogP contribution is 2.18. The van der Waals surface area contributed by atoms with E-state index < -0.39 is 10.0 Å². The highest BCUT2D eigenvalue weighted by Gasteiger charge is 2.19. The monoisotopic (exact) mass is 312 g/mol. The van der Waals surface area contributed by atoms with Crippen molar-refractivity contribution in [3.8, 4) is 0 Å². The van der Waals surface area contributed by atoms with E-state index >= 15 is 0 Å². The summed E-state index contributed by atoms with van der Waals surface area (Å²) in [5, 5.41) is 0. The van der Waals surface area contributed by atoms with Gasteiger partial charge in [0.1, 0.15) is 0 Å². The smallest absolute Gasteiger partial charge is 0.241 e. The van der Waals surface area contributed by atoms with E-state index in [1.165, 1.54) is 12.8 Å². The third kappa shape index (κ3) is 5.77. The van der Waals surface area contributed by atoms with Gasteiger partial charge in [-0.15, -0.1) is 0 Å². The first-order valence-electron chi connectivity index (χ1n) is 7.72. The molecule has 5 heteroatoms. The van der Waals surface area contributed by atoms with Gasteiger partial charge in [0.2, 0.25) is 10.0 Å². The maximum atomic E-state index is 12.5. The molecular weight excluding hydrogens is 284 g/mol. The lowest BCUT2D eigenvalue weighted by Crippen LogP contribution is -2.33. The second-order valence-corrected chi connectivity index (χ2v) is 7.36. The zero-order valence-electron chi connectivity index (χ0n) is 13.4. The Labute approximate surface area is 129 Å². The van der Waals surface area contributed by atoms with Crippen LogP contribution in [0, 0.1) is 6.92 Å². The number of rotatable bonds is 9. The number of unbranched alkanes of at least 4 members (excludes halogenated alkanes) is 3. The van der Waals surface area contributed by atoms with Crippen molar-refractivity contribution in [3.05, 3.63) is 29.3 Å². The maximum absolute atomic E-state index is 12.5. The van der Waals surface area contributed by atoms with E-state index in [9.17, 15) is 8.42 Å². The summed E-state index contributed by atoms with van der Waals surface area (Å²) < 4.78 is 27.7. The summed E-state index contributed by atoms with van der Waals surface area (Å²) in [4.78, 5) is 0.339. The Kier molecular flexibility index (Phi) is 7.35. The van der Waals surface area contributed by atoms with Gasteiger partial charge in [-0.05, 0) is 37.5 Å². The van der Waals surface area contributed by atoms with Gasteiger partial charge in [0.25, 0.3) is 0 Å². The lowest BCUT2D eigenvalue weighted by Gasteiger charge is -2.16. The predicted octanol–water partition coefficient (Wildman–Crippen LogP) is 3.09. The first kappa shape index (κ1) is 18.1. The van der Waals surface area contributed by atoms with Crippen molar-refractivity contribution in [1.29, 1.82) is 0 Å². The number of sulfonamides is 1. The number of nitrogens with two attached hydrogens (primary N) is 1. The maximum Gasteiger partial charge on any atom is 0.241 e. The van der Waals surface area contributed by atoms with Crippen LogP contribution in [0.4, 0.5) is 0 Å². The van der Waals surface area contributed by atoms with Gasteiger partial charge < -0.3 is 5.73 Å². The third-order valence-corrected chi connectivity index (χ3v) is 5.36. The number of benzene rings is 1. The Balaban J connectivity index is 2.72. The summed E-state index contributed by atoms with van der Waals surface area (Å²) in [6.07, 6.45) is 5.47. The summed E-state index contributed by atoms with van der Waals surface area (Å²) in [7, 11) is -3.47. The quantitative estimate of drug-likeness (QED) is 0.688. The van der Waals surface area contributed by atoms with Crippen molar-refractivity contribution in [2.75, 3.05) is 0 Å². The van der Waals surface area contributed by atoms with Crippen molar-refractivity contribution < 1.29 is 8.42 Å². The van der Waals surface area contributed by atoms with Crippen molar-refractivity contribution in [2.45, 2.75) is 70.4 Å². The molecule has 1 aromatic rings. The summed E-state index contributed by atoms with van der Waals surface area (Å²) in [6.45, 7) is 6.24. The van der Waals surface area contributed by atoms with Crippen LogP contribution in [0.1, 0.15) is 57.1 Å². The Morgan fingerprint density at radius 2 is 1.95 bits per heavy atom. The van der Waals surface area contributed by atoms with E-state index in [1.54, 1.807) is 13.0 Å². The van der Waals surface area contributed by atoms with Gasteiger partial charge in [-0.25, -0.2) is 13.1 Å². The molecule has 0 amide bonds. The minimum Gasteiger partial charge on any atom is -0.326 e. The third-order valence-electron chi connectivity index (χ3n) is 3.62. The van der Waals surface area contributed by atoms with Crippen molar-refractivity contribution in [1.82, 2.24) is 4.72 Å². The van der Waals surface area contributed by atoms with Gasteiger partial charge in [-0.2, -0.15) is 0 Å². The van der Waals surface area contributed by atoms with E-state index in [1.807, 2.05) is 19.1 Å². The molecule has 0 radical (unpaired) electrons. The Hall–Kier alpha value is -0.910. The molecule has 0 aliphatic carbocycles. The van der Waals surface area contributed by atoms with Crippen LogP contribution in [0.5, 0.6) is 0 Å². The molecule has 1 rings (SSSR count). The standard InChI is InChI=1S/C16H28N2O2S/c1-4-5-6-7-8-14(3)18-21(19,20)16-11-15(12-17)10-9-13(16)2/h9-11,14,18H,4-8,12,17H2,1-3H3. The van der Waals surface area contributed by atoms with Crippen LogP contribution in [0.3, 0.4) is 0 Å². The van der Waals surface area contributed by atoms with Gasteiger partial charge in [0.15, 0.2) is 0 Å². The molecule has 1 atom stereocenters. The molecule has 0 saturated heterocycles. The molecule has 1 aromatic carbocycles. The molecule has 0 fully saturated rings. The number of aryl methyl sites for hydroxylation is 1.